The normalized spacial score (nSPS) is 11.6. The molecule has 0 radical (unpaired) electrons. The zero-order valence-corrected chi connectivity index (χ0v) is 23.7. The number of anilines is 1. The minimum Gasteiger partial charge on any atom is -0.457 e. The molecule has 5 rings (SSSR count). The van der Waals surface area contributed by atoms with Gasteiger partial charge in [0.05, 0.1) is 28.7 Å². The summed E-state index contributed by atoms with van der Waals surface area (Å²) in [6.45, 7) is 9.36. The van der Waals surface area contributed by atoms with Crippen LogP contribution in [-0.4, -0.2) is 47.0 Å². The Kier molecular flexibility index (Phi) is 7.27. The van der Waals surface area contributed by atoms with Crippen molar-refractivity contribution >= 4 is 22.9 Å². The number of benzene rings is 1. The van der Waals surface area contributed by atoms with E-state index in [1.54, 1.807) is 70.8 Å². The lowest BCUT2D eigenvalue weighted by atomic mass is 10.1. The molecule has 0 spiro atoms. The van der Waals surface area contributed by atoms with Gasteiger partial charge in [-0.15, -0.1) is 0 Å². The van der Waals surface area contributed by atoms with Crippen molar-refractivity contribution in [2.75, 3.05) is 5.32 Å². The number of fused-ring (bicyclic) bond motifs is 1. The summed E-state index contributed by atoms with van der Waals surface area (Å²) in [5.74, 6) is 1.68. The van der Waals surface area contributed by atoms with Gasteiger partial charge in [0.1, 0.15) is 17.1 Å². The monoisotopic (exact) mass is 553 g/mol. The number of rotatable bonds is 6. The summed E-state index contributed by atoms with van der Waals surface area (Å²) < 4.78 is 14.1. The van der Waals surface area contributed by atoms with E-state index in [0.717, 1.165) is 10.1 Å². The Labute approximate surface area is 236 Å². The second-order valence-electron chi connectivity index (χ2n) is 10.8. The molecule has 0 unspecified atom stereocenters. The maximum Gasteiger partial charge on any atom is 0.435 e. The van der Waals surface area contributed by atoms with Crippen molar-refractivity contribution in [3.05, 3.63) is 77.6 Å². The van der Waals surface area contributed by atoms with Crippen LogP contribution in [0.15, 0.2) is 72.0 Å². The Bertz CT molecular complexity index is 1800. The minimum absolute atomic E-state index is 0.149. The fourth-order valence-corrected chi connectivity index (χ4v) is 4.06. The van der Waals surface area contributed by atoms with Gasteiger partial charge < -0.3 is 14.8 Å². The third-order valence-electron chi connectivity index (χ3n) is 5.95. The van der Waals surface area contributed by atoms with E-state index in [1.165, 1.54) is 4.57 Å². The maximum atomic E-state index is 13.0. The van der Waals surface area contributed by atoms with Crippen molar-refractivity contribution in [3.63, 3.8) is 0 Å². The largest absolute Gasteiger partial charge is 0.457 e. The van der Waals surface area contributed by atoms with Crippen molar-refractivity contribution in [1.82, 2.24) is 29.3 Å². The molecule has 0 atom stereocenters. The van der Waals surface area contributed by atoms with Gasteiger partial charge in [0.15, 0.2) is 0 Å². The number of nitrogens with one attached hydrogen (secondary N) is 1. The molecular weight excluding hydrogens is 522 g/mol. The average Bonchev–Trinajstić information content (AvgIpc) is 3.41. The number of aromatic nitrogens is 6. The molecule has 0 aliphatic rings. The van der Waals surface area contributed by atoms with Gasteiger partial charge in [-0.2, -0.15) is 9.78 Å². The predicted molar refractivity (Wildman–Crippen MR) is 156 cm³/mol. The summed E-state index contributed by atoms with van der Waals surface area (Å²) in [5, 5.41) is 8.12. The third-order valence-corrected chi connectivity index (χ3v) is 5.95. The lowest BCUT2D eigenvalue weighted by Gasteiger charge is -2.18. The van der Waals surface area contributed by atoms with E-state index in [2.05, 4.69) is 20.4 Å². The maximum absolute atomic E-state index is 13.0. The van der Waals surface area contributed by atoms with E-state index < -0.39 is 11.7 Å². The first-order chi connectivity index (χ1) is 19.5. The Morgan fingerprint density at radius 1 is 0.976 bits per heavy atom. The Balaban J connectivity index is 1.35. The van der Waals surface area contributed by atoms with Crippen LogP contribution in [0, 0.1) is 0 Å². The van der Waals surface area contributed by atoms with E-state index in [9.17, 15) is 9.59 Å². The third kappa shape index (κ3) is 6.24. The molecule has 41 heavy (non-hydrogen) atoms. The van der Waals surface area contributed by atoms with Gasteiger partial charge in [-0.05, 0) is 65.0 Å². The summed E-state index contributed by atoms with van der Waals surface area (Å²) in [4.78, 5) is 38.8. The zero-order chi connectivity index (χ0) is 29.3. The number of carbonyl (C=O) groups is 1. The van der Waals surface area contributed by atoms with Crippen LogP contribution in [0.2, 0.25) is 0 Å². The molecule has 0 saturated heterocycles. The summed E-state index contributed by atoms with van der Waals surface area (Å²) in [6, 6.07) is 12.9. The van der Waals surface area contributed by atoms with Gasteiger partial charge >= 0.3 is 6.09 Å². The molecule has 4 aromatic heterocycles. The first-order valence-corrected chi connectivity index (χ1v) is 13.1. The van der Waals surface area contributed by atoms with E-state index in [0.29, 0.717) is 45.5 Å². The molecule has 1 N–H and O–H groups in total. The summed E-state index contributed by atoms with van der Waals surface area (Å²) in [6.07, 6.45) is 5.72. The van der Waals surface area contributed by atoms with Gasteiger partial charge in [-0.3, -0.25) is 14.3 Å². The van der Waals surface area contributed by atoms with Crippen molar-refractivity contribution in [1.29, 1.82) is 0 Å². The summed E-state index contributed by atoms with van der Waals surface area (Å²) >= 11 is 0. The second-order valence-corrected chi connectivity index (χ2v) is 10.8. The topological polar surface area (TPSA) is 126 Å². The second kappa shape index (κ2) is 10.8. The van der Waals surface area contributed by atoms with Crippen molar-refractivity contribution in [2.45, 2.75) is 46.3 Å². The van der Waals surface area contributed by atoms with Crippen LogP contribution in [0.5, 0.6) is 11.5 Å². The molecule has 0 amide bonds. The molecule has 5 aromatic rings. The molecule has 4 heterocycles. The standard InChI is InChI=1S/C30H31N7O4/c1-18(2)34-28-32-16-23(27(38)36(28)6)25-9-7-19-13-21(8-10-24(19)35-25)40-22-11-12-31-26(14-22)20-15-33-37(17-20)29(39)41-30(3,4)5/h7-18H,1-6H3,(H,32,34). The Morgan fingerprint density at radius 2 is 1.76 bits per heavy atom. The molecule has 0 bridgehead atoms. The Hall–Kier alpha value is -5.06. The van der Waals surface area contributed by atoms with E-state index in [-0.39, 0.29) is 11.6 Å². The highest BCUT2D eigenvalue weighted by atomic mass is 16.6. The highest BCUT2D eigenvalue weighted by Gasteiger charge is 2.19. The Morgan fingerprint density at radius 3 is 2.51 bits per heavy atom. The molecule has 0 fully saturated rings. The van der Waals surface area contributed by atoms with Crippen LogP contribution >= 0.6 is 0 Å². The first kappa shape index (κ1) is 27.5. The molecule has 0 aliphatic carbocycles. The van der Waals surface area contributed by atoms with Crippen LogP contribution in [0.25, 0.3) is 33.4 Å². The van der Waals surface area contributed by atoms with E-state index >= 15 is 0 Å². The van der Waals surface area contributed by atoms with Crippen molar-refractivity contribution in [2.24, 2.45) is 7.05 Å². The number of nitrogens with zero attached hydrogens (tertiary/aromatic N) is 6. The molecule has 1 aromatic carbocycles. The van der Waals surface area contributed by atoms with Crippen molar-refractivity contribution < 1.29 is 14.3 Å². The SMILES string of the molecule is CC(C)Nc1ncc(-c2ccc3cc(Oc4ccnc(-c5cnn(C(=O)OC(C)(C)C)c5)c4)ccc3n2)c(=O)n1C. The van der Waals surface area contributed by atoms with Crippen LogP contribution in [0.4, 0.5) is 10.7 Å². The number of pyridine rings is 2. The fourth-order valence-electron chi connectivity index (χ4n) is 4.06. The summed E-state index contributed by atoms with van der Waals surface area (Å²) in [7, 11) is 1.69. The molecule has 11 heteroatoms. The first-order valence-electron chi connectivity index (χ1n) is 13.1. The highest BCUT2D eigenvalue weighted by molar-refractivity contribution is 5.83. The minimum atomic E-state index is -0.628. The van der Waals surface area contributed by atoms with E-state index in [1.807, 2.05) is 38.1 Å². The molecule has 11 nitrogen and oxygen atoms in total. The number of carbonyl (C=O) groups excluding carboxylic acids is 1. The van der Waals surface area contributed by atoms with Gasteiger partial charge in [0.25, 0.3) is 5.56 Å². The van der Waals surface area contributed by atoms with Gasteiger partial charge in [-0.1, -0.05) is 6.07 Å². The highest BCUT2D eigenvalue weighted by Crippen LogP contribution is 2.29. The lowest BCUT2D eigenvalue weighted by molar-refractivity contribution is 0.0514. The fraction of sp³-hybridized carbons (Fsp3) is 0.267. The van der Waals surface area contributed by atoms with Gasteiger partial charge in [-0.25, -0.2) is 14.8 Å². The smallest absolute Gasteiger partial charge is 0.435 e. The van der Waals surface area contributed by atoms with E-state index in [4.69, 9.17) is 14.5 Å². The van der Waals surface area contributed by atoms with Crippen LogP contribution in [-0.2, 0) is 11.8 Å². The number of hydrogen-bond acceptors (Lipinski definition) is 9. The predicted octanol–water partition coefficient (Wildman–Crippen LogP) is 5.65. The zero-order valence-electron chi connectivity index (χ0n) is 23.7. The van der Waals surface area contributed by atoms with Gasteiger partial charge in [0, 0.05) is 48.7 Å². The lowest BCUT2D eigenvalue weighted by Crippen LogP contribution is -2.27. The molecular formula is C30H31N7O4. The van der Waals surface area contributed by atoms with Crippen molar-refractivity contribution in [3.8, 4) is 34.0 Å². The van der Waals surface area contributed by atoms with Crippen LogP contribution in [0.3, 0.4) is 0 Å². The average molecular weight is 554 g/mol. The molecule has 210 valence electrons. The molecule has 0 saturated carbocycles. The van der Waals surface area contributed by atoms with Crippen LogP contribution < -0.4 is 15.6 Å². The van der Waals surface area contributed by atoms with Gasteiger partial charge in [0.2, 0.25) is 5.95 Å². The quantitative estimate of drug-likeness (QED) is 0.284. The summed E-state index contributed by atoms with van der Waals surface area (Å²) in [5.41, 5.74) is 2.10. The number of hydrogen-bond donors (Lipinski definition) is 1. The molecule has 0 aliphatic heterocycles. The van der Waals surface area contributed by atoms with Crippen LogP contribution in [0.1, 0.15) is 34.6 Å². The number of ether oxygens (including phenoxy) is 2.